The highest BCUT2D eigenvalue weighted by Gasteiger charge is 2.31. The van der Waals surface area contributed by atoms with Crippen molar-refractivity contribution in [3.05, 3.63) is 66.0 Å². The molecule has 1 atom stereocenters. The molecule has 112 valence electrons. The first-order valence-electron chi connectivity index (χ1n) is 6.33. The maximum atomic E-state index is 13.2. The van der Waals surface area contributed by atoms with Crippen molar-refractivity contribution in [3.8, 4) is 0 Å². The molecule has 0 amide bonds. The largest absolute Gasteiger partial charge is 0.394 e. The van der Waals surface area contributed by atoms with Gasteiger partial charge in [0.05, 0.1) is 17.0 Å². The van der Waals surface area contributed by atoms with Gasteiger partial charge in [0.25, 0.3) is 0 Å². The van der Waals surface area contributed by atoms with Gasteiger partial charge < -0.3 is 5.11 Å². The van der Waals surface area contributed by atoms with Gasteiger partial charge in [0.15, 0.2) is 0 Å². The zero-order valence-electron chi connectivity index (χ0n) is 11.5. The number of nitrogens with one attached hydrogen (secondary N) is 1. The van der Waals surface area contributed by atoms with Gasteiger partial charge >= 0.3 is 0 Å². The molecule has 4 nitrogen and oxygen atoms in total. The maximum absolute atomic E-state index is 13.2. The van der Waals surface area contributed by atoms with Gasteiger partial charge in [-0.15, -0.1) is 0 Å². The highest BCUT2D eigenvalue weighted by molar-refractivity contribution is 7.89. The Labute approximate surface area is 123 Å². The van der Waals surface area contributed by atoms with E-state index >= 15 is 0 Å². The molecular weight excluding hydrogens is 293 g/mol. The number of rotatable bonds is 5. The van der Waals surface area contributed by atoms with Crippen molar-refractivity contribution >= 4 is 10.0 Å². The lowest BCUT2D eigenvalue weighted by atomic mass is 9.94. The molecule has 0 radical (unpaired) electrons. The number of halogens is 1. The van der Waals surface area contributed by atoms with Crippen LogP contribution in [0, 0.1) is 5.82 Å². The van der Waals surface area contributed by atoms with Gasteiger partial charge in [-0.1, -0.05) is 36.4 Å². The van der Waals surface area contributed by atoms with Crippen molar-refractivity contribution in [2.24, 2.45) is 0 Å². The third-order valence-electron chi connectivity index (χ3n) is 3.19. The molecule has 2 aromatic carbocycles. The summed E-state index contributed by atoms with van der Waals surface area (Å²) in [4.78, 5) is -0.182. The number of hydrogen-bond donors (Lipinski definition) is 2. The van der Waals surface area contributed by atoms with Crippen LogP contribution in [0.15, 0.2) is 59.5 Å². The number of aliphatic hydroxyl groups is 1. The Morgan fingerprint density at radius 2 is 1.81 bits per heavy atom. The minimum absolute atomic E-state index is 0.182. The van der Waals surface area contributed by atoms with Gasteiger partial charge in [0, 0.05) is 0 Å². The average molecular weight is 309 g/mol. The Bertz CT molecular complexity index is 719. The van der Waals surface area contributed by atoms with E-state index in [9.17, 15) is 17.9 Å². The smallest absolute Gasteiger partial charge is 0.241 e. The summed E-state index contributed by atoms with van der Waals surface area (Å²) >= 11 is 0. The summed E-state index contributed by atoms with van der Waals surface area (Å²) in [5.41, 5.74) is -0.570. The van der Waals surface area contributed by atoms with Crippen molar-refractivity contribution in [1.82, 2.24) is 4.72 Å². The lowest BCUT2D eigenvalue weighted by Gasteiger charge is -2.29. The Morgan fingerprint density at radius 3 is 2.38 bits per heavy atom. The van der Waals surface area contributed by atoms with Crippen LogP contribution >= 0.6 is 0 Å². The van der Waals surface area contributed by atoms with E-state index in [1.807, 2.05) is 0 Å². The molecule has 2 rings (SSSR count). The molecule has 0 aliphatic heterocycles. The third-order valence-corrected chi connectivity index (χ3v) is 4.79. The van der Waals surface area contributed by atoms with E-state index in [1.54, 1.807) is 37.3 Å². The Hall–Kier alpha value is -1.76. The normalized spacial score (nSPS) is 14.6. The summed E-state index contributed by atoms with van der Waals surface area (Å²) in [6.45, 7) is 1.14. The lowest BCUT2D eigenvalue weighted by Crippen LogP contribution is -2.46. The summed E-state index contributed by atoms with van der Waals surface area (Å²) in [5, 5.41) is 9.60. The number of hydrogen-bond acceptors (Lipinski definition) is 3. The summed E-state index contributed by atoms with van der Waals surface area (Å²) < 4.78 is 40.3. The van der Waals surface area contributed by atoms with Crippen LogP contribution < -0.4 is 4.72 Å². The molecule has 6 heteroatoms. The second-order valence-electron chi connectivity index (χ2n) is 4.92. The Morgan fingerprint density at radius 1 is 1.14 bits per heavy atom. The highest BCUT2D eigenvalue weighted by atomic mass is 32.2. The van der Waals surface area contributed by atoms with Gasteiger partial charge in [0.2, 0.25) is 10.0 Å². The lowest BCUT2D eigenvalue weighted by molar-refractivity contribution is 0.196. The van der Waals surface area contributed by atoms with Gasteiger partial charge in [-0.25, -0.2) is 12.8 Å². The van der Waals surface area contributed by atoms with Crippen molar-refractivity contribution in [1.29, 1.82) is 0 Å². The zero-order chi connectivity index (χ0) is 15.5. The van der Waals surface area contributed by atoms with E-state index in [-0.39, 0.29) is 4.90 Å². The van der Waals surface area contributed by atoms with E-state index in [0.717, 1.165) is 6.07 Å². The third kappa shape index (κ3) is 3.47. The van der Waals surface area contributed by atoms with Crippen molar-refractivity contribution in [3.63, 3.8) is 0 Å². The predicted molar refractivity (Wildman–Crippen MR) is 77.6 cm³/mol. The topological polar surface area (TPSA) is 66.4 Å². The molecule has 2 N–H and O–H groups in total. The number of benzene rings is 2. The number of sulfonamides is 1. The molecule has 0 aliphatic rings. The van der Waals surface area contributed by atoms with Crippen LogP contribution in [0.25, 0.3) is 0 Å². The van der Waals surface area contributed by atoms with Crippen LogP contribution in [-0.4, -0.2) is 20.1 Å². The molecule has 2 aromatic rings. The van der Waals surface area contributed by atoms with Gasteiger partial charge in [-0.05, 0) is 30.7 Å². The van der Waals surface area contributed by atoms with E-state index in [4.69, 9.17) is 0 Å². The van der Waals surface area contributed by atoms with E-state index in [1.165, 1.54) is 18.2 Å². The first-order chi connectivity index (χ1) is 9.87. The van der Waals surface area contributed by atoms with Crippen molar-refractivity contribution in [2.75, 3.05) is 6.61 Å². The summed E-state index contributed by atoms with van der Waals surface area (Å²) in [6.07, 6.45) is 0. The fourth-order valence-electron chi connectivity index (χ4n) is 1.98. The average Bonchev–Trinajstić information content (AvgIpc) is 2.47. The Balaban J connectivity index is 2.38. The van der Waals surface area contributed by atoms with E-state index in [0.29, 0.717) is 5.56 Å². The molecular formula is C15H16FNO3S. The quantitative estimate of drug-likeness (QED) is 0.888. The molecule has 0 heterocycles. The maximum Gasteiger partial charge on any atom is 0.241 e. The molecule has 0 aromatic heterocycles. The molecule has 0 saturated heterocycles. The van der Waals surface area contributed by atoms with Crippen LogP contribution in [-0.2, 0) is 15.6 Å². The van der Waals surface area contributed by atoms with Gasteiger partial charge in [-0.2, -0.15) is 4.72 Å². The van der Waals surface area contributed by atoms with Crippen LogP contribution in [0.3, 0.4) is 0 Å². The minimum atomic E-state index is -3.95. The fourth-order valence-corrected chi connectivity index (χ4v) is 3.40. The van der Waals surface area contributed by atoms with Crippen LogP contribution in [0.2, 0.25) is 0 Å². The first kappa shape index (κ1) is 15.6. The zero-order valence-corrected chi connectivity index (χ0v) is 12.3. The summed E-state index contributed by atoms with van der Waals surface area (Å²) in [5.74, 6) is -0.636. The number of aliphatic hydroxyl groups excluding tert-OH is 1. The van der Waals surface area contributed by atoms with Gasteiger partial charge in [-0.3, -0.25) is 0 Å². The SMILES string of the molecule is CC(CO)(NS(=O)(=O)c1cccc(F)c1)c1ccccc1. The monoisotopic (exact) mass is 309 g/mol. The second kappa shape index (κ2) is 5.93. The van der Waals surface area contributed by atoms with Crippen LogP contribution in [0.4, 0.5) is 4.39 Å². The molecule has 1 unspecified atom stereocenters. The summed E-state index contributed by atoms with van der Waals surface area (Å²) in [6, 6.07) is 13.4. The molecule has 0 fully saturated rings. The second-order valence-corrected chi connectivity index (χ2v) is 6.60. The molecule has 0 saturated carbocycles. The minimum Gasteiger partial charge on any atom is -0.394 e. The van der Waals surface area contributed by atoms with Crippen molar-refractivity contribution < 1.29 is 17.9 Å². The molecule has 0 spiro atoms. The van der Waals surface area contributed by atoms with Crippen LogP contribution in [0.5, 0.6) is 0 Å². The summed E-state index contributed by atoms with van der Waals surface area (Å²) in [7, 11) is -3.95. The highest BCUT2D eigenvalue weighted by Crippen LogP contribution is 2.23. The van der Waals surface area contributed by atoms with Crippen LogP contribution in [0.1, 0.15) is 12.5 Å². The Kier molecular flexibility index (Phi) is 4.41. The van der Waals surface area contributed by atoms with Gasteiger partial charge in [0.1, 0.15) is 5.82 Å². The van der Waals surface area contributed by atoms with Crippen molar-refractivity contribution in [2.45, 2.75) is 17.4 Å². The molecule has 21 heavy (non-hydrogen) atoms. The predicted octanol–water partition coefficient (Wildman–Crippen LogP) is 2.01. The fraction of sp³-hybridized carbons (Fsp3) is 0.200. The molecule has 0 bridgehead atoms. The van der Waals surface area contributed by atoms with E-state index in [2.05, 4.69) is 4.72 Å². The standard InChI is InChI=1S/C15H16FNO3S/c1-15(11-18,12-6-3-2-4-7-12)17-21(19,20)14-9-5-8-13(16)10-14/h2-10,17-18H,11H2,1H3. The van der Waals surface area contributed by atoms with E-state index < -0.39 is 28.0 Å². The molecule has 0 aliphatic carbocycles. The first-order valence-corrected chi connectivity index (χ1v) is 7.82.